The summed E-state index contributed by atoms with van der Waals surface area (Å²) in [6, 6.07) is 9.62. The van der Waals surface area contributed by atoms with Gasteiger partial charge in [-0.05, 0) is 69.0 Å². The number of anilines is 1. The van der Waals surface area contributed by atoms with Gasteiger partial charge in [-0.15, -0.1) is 0 Å². The highest BCUT2D eigenvalue weighted by Gasteiger charge is 2.27. The first kappa shape index (κ1) is 40.8. The second kappa shape index (κ2) is 21.6. The molecule has 2 unspecified atom stereocenters. The Hall–Kier alpha value is -4.19. The number of carbonyl (C=O) groups is 3. The van der Waals surface area contributed by atoms with Crippen molar-refractivity contribution in [3.8, 4) is 11.5 Å². The zero-order valence-corrected chi connectivity index (χ0v) is 29.5. The maximum absolute atomic E-state index is 11.9. The molecule has 0 aromatic heterocycles. The number of hydrogen-bond donors (Lipinski definition) is 0. The van der Waals surface area contributed by atoms with Gasteiger partial charge in [-0.1, -0.05) is 40.5 Å². The summed E-state index contributed by atoms with van der Waals surface area (Å²) in [6.45, 7) is 12.0. The fourth-order valence-electron chi connectivity index (χ4n) is 4.85. The summed E-state index contributed by atoms with van der Waals surface area (Å²) < 4.78 is 20.3. The average molecular weight is 660 g/mol. The first-order valence-electron chi connectivity index (χ1n) is 16.1. The van der Waals surface area contributed by atoms with E-state index in [1.807, 2.05) is 20.8 Å². The number of rotatable bonds is 12. The lowest BCUT2D eigenvalue weighted by Gasteiger charge is -2.32. The molecular formula is C35H53N3O9. The van der Waals surface area contributed by atoms with E-state index in [0.717, 1.165) is 56.5 Å². The van der Waals surface area contributed by atoms with Gasteiger partial charge in [-0.3, -0.25) is 24.6 Å². The third-order valence-electron chi connectivity index (χ3n) is 8.04. The molecule has 1 aliphatic rings. The second-order valence-corrected chi connectivity index (χ2v) is 11.1. The molecule has 1 saturated heterocycles. The highest BCUT2D eigenvalue weighted by Crippen LogP contribution is 2.32. The lowest BCUT2D eigenvalue weighted by molar-refractivity contribution is -0.385. The molecule has 0 bridgehead atoms. The average Bonchev–Trinajstić information content (AvgIpc) is 3.10. The molecule has 12 nitrogen and oxygen atoms in total. The number of carbonyl (C=O) groups excluding carboxylic acids is 3. The van der Waals surface area contributed by atoms with E-state index in [9.17, 15) is 24.5 Å². The van der Waals surface area contributed by atoms with Gasteiger partial charge in [0.1, 0.15) is 17.5 Å². The van der Waals surface area contributed by atoms with Crippen molar-refractivity contribution < 1.29 is 38.3 Å². The molecule has 0 saturated carbocycles. The standard InChI is InChI=1S/C15H21NO4.C11H15NO3.C9H17NO2/c1-5-6-9-20-15(18)12-7-8-14(19-4)13(10-12)16(3)11(2)17;1-4-8(2)10-7-9(12(13)14)5-6-11(10)15-3;1-3-10-7-5-4-6-8(10)9(11)12-2/h7-8,10H,5-6,9H2,1-4H3;5-8H,4H2,1-3H3;8H,3-7H2,1-2H3. The largest absolute Gasteiger partial charge is 0.496 e. The molecule has 0 spiro atoms. The van der Waals surface area contributed by atoms with Gasteiger partial charge in [0.25, 0.3) is 5.69 Å². The first-order valence-corrected chi connectivity index (χ1v) is 16.1. The Labute approximate surface area is 279 Å². The zero-order chi connectivity index (χ0) is 35.5. The van der Waals surface area contributed by atoms with Gasteiger partial charge < -0.3 is 23.8 Å². The van der Waals surface area contributed by atoms with Gasteiger partial charge in [0.15, 0.2) is 0 Å². The molecular weight excluding hydrogens is 606 g/mol. The van der Waals surface area contributed by atoms with Gasteiger partial charge in [-0.25, -0.2) is 4.79 Å². The summed E-state index contributed by atoms with van der Waals surface area (Å²) >= 11 is 0. The van der Waals surface area contributed by atoms with Crippen LogP contribution in [0, 0.1) is 10.1 Å². The summed E-state index contributed by atoms with van der Waals surface area (Å²) in [7, 11) is 6.19. The van der Waals surface area contributed by atoms with Gasteiger partial charge in [0, 0.05) is 31.7 Å². The van der Waals surface area contributed by atoms with Crippen LogP contribution in [-0.2, 0) is 19.1 Å². The van der Waals surface area contributed by atoms with Crippen molar-refractivity contribution in [3.63, 3.8) is 0 Å². The lowest BCUT2D eigenvalue weighted by Crippen LogP contribution is -2.44. The summed E-state index contributed by atoms with van der Waals surface area (Å²) in [5.74, 6) is 0.915. The van der Waals surface area contributed by atoms with Crippen LogP contribution in [0.15, 0.2) is 36.4 Å². The summed E-state index contributed by atoms with van der Waals surface area (Å²) in [5, 5.41) is 10.6. The molecule has 47 heavy (non-hydrogen) atoms. The van der Waals surface area contributed by atoms with Crippen molar-refractivity contribution in [2.75, 3.05) is 53.0 Å². The number of esters is 2. The molecule has 0 aliphatic carbocycles. The molecule has 0 radical (unpaired) electrons. The SMILES string of the molecule is CCC(C)c1cc([N+](=O)[O-])ccc1OC.CCCCOC(=O)c1ccc(OC)c(N(C)C(C)=O)c1.CCN1CCCCC1C(=O)OC. The number of nitro benzene ring substituents is 1. The molecule has 2 atom stereocenters. The van der Waals surface area contributed by atoms with Crippen molar-refractivity contribution in [3.05, 3.63) is 57.6 Å². The van der Waals surface area contributed by atoms with E-state index < -0.39 is 0 Å². The van der Waals surface area contributed by atoms with E-state index in [0.29, 0.717) is 23.6 Å². The third-order valence-corrected chi connectivity index (χ3v) is 8.04. The van der Waals surface area contributed by atoms with E-state index >= 15 is 0 Å². The fraction of sp³-hybridized carbons (Fsp3) is 0.571. The van der Waals surface area contributed by atoms with Crippen LogP contribution < -0.4 is 14.4 Å². The predicted octanol–water partition coefficient (Wildman–Crippen LogP) is 6.79. The third kappa shape index (κ3) is 12.8. The van der Waals surface area contributed by atoms with E-state index in [4.69, 9.17) is 18.9 Å². The van der Waals surface area contributed by atoms with E-state index in [1.165, 1.54) is 38.5 Å². The van der Waals surface area contributed by atoms with Crippen LogP contribution >= 0.6 is 0 Å². The Kier molecular flexibility index (Phi) is 18.7. The Morgan fingerprint density at radius 1 is 1.02 bits per heavy atom. The number of benzene rings is 2. The van der Waals surface area contributed by atoms with Crippen molar-refractivity contribution in [2.24, 2.45) is 0 Å². The van der Waals surface area contributed by atoms with Crippen molar-refractivity contribution >= 4 is 29.2 Å². The minimum atomic E-state index is -0.390. The second-order valence-electron chi connectivity index (χ2n) is 11.1. The molecule has 0 N–H and O–H groups in total. The highest BCUT2D eigenvalue weighted by atomic mass is 16.6. The maximum Gasteiger partial charge on any atom is 0.338 e. The number of unbranched alkanes of at least 4 members (excludes halogenated alkanes) is 1. The molecule has 2 aromatic rings. The zero-order valence-electron chi connectivity index (χ0n) is 29.5. The Morgan fingerprint density at radius 3 is 2.21 bits per heavy atom. The quantitative estimate of drug-likeness (QED) is 0.104. The minimum absolute atomic E-state index is 0.0220. The molecule has 12 heteroatoms. The van der Waals surface area contributed by atoms with Crippen molar-refractivity contribution in [1.29, 1.82) is 0 Å². The van der Waals surface area contributed by atoms with Gasteiger partial charge in [0.05, 0.1) is 44.1 Å². The first-order chi connectivity index (χ1) is 22.4. The van der Waals surface area contributed by atoms with E-state index in [2.05, 4.69) is 11.8 Å². The number of non-ortho nitro benzene ring substituents is 1. The van der Waals surface area contributed by atoms with Crippen LogP contribution in [0.1, 0.15) is 95.0 Å². The summed E-state index contributed by atoms with van der Waals surface area (Å²) in [4.78, 5) is 48.5. The summed E-state index contributed by atoms with van der Waals surface area (Å²) in [5.41, 5.74) is 1.97. The van der Waals surface area contributed by atoms with Crippen LogP contribution in [0.3, 0.4) is 0 Å². The number of likely N-dealkylation sites (tertiary alicyclic amines) is 1. The topological polar surface area (TPSA) is 138 Å². The number of amides is 1. The van der Waals surface area contributed by atoms with Crippen LogP contribution in [0.4, 0.5) is 11.4 Å². The molecule has 2 aromatic carbocycles. The smallest absolute Gasteiger partial charge is 0.338 e. The van der Waals surface area contributed by atoms with Gasteiger partial charge in [0.2, 0.25) is 5.91 Å². The number of nitro groups is 1. The van der Waals surface area contributed by atoms with Crippen LogP contribution in [0.5, 0.6) is 11.5 Å². The molecule has 1 aliphatic heterocycles. The Bertz CT molecular complexity index is 1300. The Morgan fingerprint density at radius 2 is 1.68 bits per heavy atom. The van der Waals surface area contributed by atoms with E-state index in [-0.39, 0.29) is 40.4 Å². The van der Waals surface area contributed by atoms with Crippen LogP contribution in [-0.4, -0.2) is 81.8 Å². The normalized spacial score (nSPS) is 14.6. The van der Waals surface area contributed by atoms with Crippen LogP contribution in [0.2, 0.25) is 0 Å². The van der Waals surface area contributed by atoms with Gasteiger partial charge in [-0.2, -0.15) is 0 Å². The number of piperidine rings is 1. The monoisotopic (exact) mass is 659 g/mol. The molecule has 262 valence electrons. The minimum Gasteiger partial charge on any atom is -0.496 e. The predicted molar refractivity (Wildman–Crippen MR) is 183 cm³/mol. The maximum atomic E-state index is 11.9. The van der Waals surface area contributed by atoms with Crippen molar-refractivity contribution in [1.82, 2.24) is 4.90 Å². The van der Waals surface area contributed by atoms with E-state index in [1.54, 1.807) is 44.5 Å². The van der Waals surface area contributed by atoms with Crippen molar-refractivity contribution in [2.45, 2.75) is 85.1 Å². The molecule has 1 heterocycles. The Balaban J connectivity index is 0.000000365. The summed E-state index contributed by atoms with van der Waals surface area (Å²) in [6.07, 6.45) is 6.05. The number of nitrogens with zero attached hydrogens (tertiary/aromatic N) is 3. The van der Waals surface area contributed by atoms with Crippen LogP contribution in [0.25, 0.3) is 0 Å². The fourth-order valence-corrected chi connectivity index (χ4v) is 4.85. The molecule has 1 fully saturated rings. The molecule has 3 rings (SSSR count). The molecule has 1 amide bonds. The lowest BCUT2D eigenvalue weighted by atomic mass is 9.97. The number of hydrogen-bond acceptors (Lipinski definition) is 10. The highest BCUT2D eigenvalue weighted by molar-refractivity contribution is 5.96. The number of likely N-dealkylation sites (N-methyl/N-ethyl adjacent to an activating group) is 1. The number of methoxy groups -OCH3 is 3. The number of ether oxygens (including phenoxy) is 4. The van der Waals surface area contributed by atoms with Gasteiger partial charge >= 0.3 is 11.9 Å².